The third-order valence-electron chi connectivity index (χ3n) is 3.74. The van der Waals surface area contributed by atoms with Crippen LogP contribution in [0.25, 0.3) is 21.0 Å². The van der Waals surface area contributed by atoms with Crippen LogP contribution < -0.4 is 10.1 Å². The number of para-hydroxylation sites is 1. The van der Waals surface area contributed by atoms with Crippen molar-refractivity contribution in [2.45, 2.75) is 0 Å². The lowest BCUT2D eigenvalue weighted by atomic mass is 10.3. The van der Waals surface area contributed by atoms with E-state index in [-0.39, 0.29) is 5.76 Å². The number of furan rings is 1. The number of carbonyl (C=O) groups is 1. The van der Waals surface area contributed by atoms with Gasteiger partial charge in [-0.2, -0.15) is 0 Å². The molecule has 0 spiro atoms. The predicted molar refractivity (Wildman–Crippen MR) is 103 cm³/mol. The second kappa shape index (κ2) is 6.82. The van der Waals surface area contributed by atoms with Crippen LogP contribution in [0.5, 0.6) is 5.75 Å². The normalized spacial score (nSPS) is 10.8. The van der Waals surface area contributed by atoms with Crippen molar-refractivity contribution >= 4 is 44.7 Å². The quantitative estimate of drug-likeness (QED) is 0.506. The fraction of sp³-hybridized carbons (Fsp3) is 0.0526. The number of hydrogen-bond donors (Lipinski definition) is 1. The molecule has 1 N–H and O–H groups in total. The van der Waals surface area contributed by atoms with Crippen molar-refractivity contribution in [3.63, 3.8) is 0 Å². The molecule has 2 heterocycles. The van der Waals surface area contributed by atoms with E-state index in [0.29, 0.717) is 22.2 Å². The third-order valence-corrected chi connectivity index (χ3v) is 5.03. The largest absolute Gasteiger partial charge is 0.495 e. The Kier molecular flexibility index (Phi) is 4.36. The number of methoxy groups -OCH3 is 1. The maximum absolute atomic E-state index is 12.5. The summed E-state index contributed by atoms with van der Waals surface area (Å²) >= 11 is 7.50. The molecule has 0 unspecified atom stereocenters. The molecule has 4 aromatic rings. The van der Waals surface area contributed by atoms with Gasteiger partial charge in [0.15, 0.2) is 16.5 Å². The number of fused-ring (bicyclic) bond motifs is 1. The topological polar surface area (TPSA) is 64.4 Å². The number of hydrogen-bond acceptors (Lipinski definition) is 5. The number of nitrogens with zero attached hydrogens (tertiary/aromatic N) is 1. The molecule has 0 radical (unpaired) electrons. The van der Waals surface area contributed by atoms with Gasteiger partial charge in [-0.05, 0) is 42.5 Å². The van der Waals surface area contributed by atoms with Crippen molar-refractivity contribution in [1.29, 1.82) is 0 Å². The van der Waals surface area contributed by atoms with Crippen molar-refractivity contribution in [2.75, 3.05) is 12.4 Å². The van der Waals surface area contributed by atoms with Crippen LogP contribution in [-0.2, 0) is 0 Å². The lowest BCUT2D eigenvalue weighted by Crippen LogP contribution is -2.11. The van der Waals surface area contributed by atoms with Crippen molar-refractivity contribution in [2.24, 2.45) is 0 Å². The Morgan fingerprint density at radius 2 is 2.04 bits per heavy atom. The fourth-order valence-electron chi connectivity index (χ4n) is 2.51. The number of benzene rings is 2. The molecule has 4 rings (SSSR count). The zero-order valence-electron chi connectivity index (χ0n) is 13.7. The Balaban J connectivity index is 1.59. The first-order valence-corrected chi connectivity index (χ1v) is 8.94. The first-order valence-electron chi connectivity index (χ1n) is 7.75. The van der Waals surface area contributed by atoms with E-state index in [9.17, 15) is 4.79 Å². The minimum Gasteiger partial charge on any atom is -0.495 e. The molecule has 130 valence electrons. The summed E-state index contributed by atoms with van der Waals surface area (Å²) in [5, 5.41) is 3.97. The van der Waals surface area contributed by atoms with Gasteiger partial charge >= 0.3 is 0 Å². The summed E-state index contributed by atoms with van der Waals surface area (Å²) < 4.78 is 12.0. The summed E-state index contributed by atoms with van der Waals surface area (Å²) in [5.41, 5.74) is 1.38. The molecule has 1 amide bonds. The Morgan fingerprint density at radius 1 is 1.19 bits per heavy atom. The Morgan fingerprint density at radius 3 is 2.85 bits per heavy atom. The molecule has 5 nitrogen and oxygen atoms in total. The van der Waals surface area contributed by atoms with E-state index in [1.807, 2.05) is 24.3 Å². The van der Waals surface area contributed by atoms with Gasteiger partial charge in [0.2, 0.25) is 0 Å². The number of halogens is 1. The van der Waals surface area contributed by atoms with E-state index >= 15 is 0 Å². The van der Waals surface area contributed by atoms with Crippen molar-refractivity contribution < 1.29 is 13.9 Å². The summed E-state index contributed by atoms with van der Waals surface area (Å²) in [6.07, 6.45) is 0. The van der Waals surface area contributed by atoms with Gasteiger partial charge in [0.1, 0.15) is 5.75 Å². The monoisotopic (exact) mass is 384 g/mol. The Hall–Kier alpha value is -2.83. The van der Waals surface area contributed by atoms with Crippen LogP contribution >= 0.6 is 22.9 Å². The molecule has 0 bridgehead atoms. The second-order valence-electron chi connectivity index (χ2n) is 5.45. The minimum atomic E-state index is -0.391. The highest BCUT2D eigenvalue weighted by Gasteiger charge is 2.16. The van der Waals surface area contributed by atoms with Gasteiger partial charge in [-0.15, -0.1) is 11.3 Å². The van der Waals surface area contributed by atoms with Crippen LogP contribution in [0.1, 0.15) is 10.6 Å². The number of amides is 1. The molecule has 0 atom stereocenters. The van der Waals surface area contributed by atoms with Gasteiger partial charge in [-0.25, -0.2) is 4.98 Å². The van der Waals surface area contributed by atoms with Gasteiger partial charge in [0.05, 0.1) is 23.0 Å². The SMILES string of the molecule is COc1ccc(Cl)cc1NC(=O)c1ccc(-c2nc3ccccc3s2)o1. The summed E-state index contributed by atoms with van der Waals surface area (Å²) in [6, 6.07) is 16.2. The summed E-state index contributed by atoms with van der Waals surface area (Å²) in [4.78, 5) is 17.0. The number of nitrogens with one attached hydrogen (secondary N) is 1. The van der Waals surface area contributed by atoms with Gasteiger partial charge in [-0.3, -0.25) is 4.79 Å². The lowest BCUT2D eigenvalue weighted by molar-refractivity contribution is 0.0997. The molecule has 0 aliphatic rings. The molecule has 0 aliphatic heterocycles. The molecule has 26 heavy (non-hydrogen) atoms. The Bertz CT molecular complexity index is 1070. The maximum Gasteiger partial charge on any atom is 0.291 e. The lowest BCUT2D eigenvalue weighted by Gasteiger charge is -2.09. The fourth-order valence-corrected chi connectivity index (χ4v) is 3.61. The maximum atomic E-state index is 12.5. The zero-order valence-corrected chi connectivity index (χ0v) is 15.2. The Labute approximate surface area is 158 Å². The van der Waals surface area contributed by atoms with Crippen molar-refractivity contribution in [3.05, 3.63) is 65.4 Å². The number of ether oxygens (including phenoxy) is 1. The van der Waals surface area contributed by atoms with E-state index in [1.54, 1.807) is 30.3 Å². The van der Waals surface area contributed by atoms with Crippen LogP contribution in [0.15, 0.2) is 59.0 Å². The van der Waals surface area contributed by atoms with Crippen molar-refractivity contribution in [1.82, 2.24) is 4.98 Å². The van der Waals surface area contributed by atoms with E-state index in [1.165, 1.54) is 18.4 Å². The van der Waals surface area contributed by atoms with Crippen LogP contribution in [0.2, 0.25) is 5.02 Å². The highest BCUT2D eigenvalue weighted by atomic mass is 35.5. The second-order valence-corrected chi connectivity index (χ2v) is 6.92. The molecule has 2 aromatic heterocycles. The molecule has 0 aliphatic carbocycles. The third kappa shape index (κ3) is 3.16. The number of rotatable bonds is 4. The molecule has 2 aromatic carbocycles. The average molecular weight is 385 g/mol. The van der Waals surface area contributed by atoms with Gasteiger partial charge < -0.3 is 14.5 Å². The highest BCUT2D eigenvalue weighted by molar-refractivity contribution is 7.21. The van der Waals surface area contributed by atoms with E-state index in [4.69, 9.17) is 20.8 Å². The van der Waals surface area contributed by atoms with E-state index < -0.39 is 5.91 Å². The molecule has 0 saturated carbocycles. The van der Waals surface area contributed by atoms with Crippen LogP contribution in [0.3, 0.4) is 0 Å². The average Bonchev–Trinajstić information content (AvgIpc) is 3.28. The van der Waals surface area contributed by atoms with Crippen molar-refractivity contribution in [3.8, 4) is 16.5 Å². The van der Waals surface area contributed by atoms with E-state index in [0.717, 1.165) is 15.2 Å². The standard InChI is InChI=1S/C19H13ClN2O3S/c1-24-14-7-6-11(20)10-13(14)21-18(23)15-8-9-16(25-15)19-22-12-4-2-3-5-17(12)26-19/h2-10H,1H3,(H,21,23). The molecular formula is C19H13ClN2O3S. The first kappa shape index (κ1) is 16.6. The van der Waals surface area contributed by atoms with E-state index in [2.05, 4.69) is 10.3 Å². The molecule has 7 heteroatoms. The molecule has 0 fully saturated rings. The zero-order chi connectivity index (χ0) is 18.1. The number of carbonyl (C=O) groups excluding carboxylic acids is 1. The number of thiazole rings is 1. The smallest absolute Gasteiger partial charge is 0.291 e. The first-order chi connectivity index (χ1) is 12.6. The summed E-state index contributed by atoms with van der Waals surface area (Å²) in [5.74, 6) is 0.856. The van der Waals surface area contributed by atoms with Gasteiger partial charge in [-0.1, -0.05) is 23.7 Å². The summed E-state index contributed by atoms with van der Waals surface area (Å²) in [7, 11) is 1.52. The minimum absolute atomic E-state index is 0.182. The van der Waals surface area contributed by atoms with Crippen LogP contribution in [0.4, 0.5) is 5.69 Å². The molecule has 0 saturated heterocycles. The number of aromatic nitrogens is 1. The van der Waals surface area contributed by atoms with Crippen LogP contribution in [0, 0.1) is 0 Å². The van der Waals surface area contributed by atoms with Crippen LogP contribution in [-0.4, -0.2) is 18.0 Å². The van der Waals surface area contributed by atoms with Gasteiger partial charge in [0.25, 0.3) is 5.91 Å². The van der Waals surface area contributed by atoms with Gasteiger partial charge in [0, 0.05) is 5.02 Å². The number of anilines is 1. The highest BCUT2D eigenvalue weighted by Crippen LogP contribution is 2.32. The molecular weight excluding hydrogens is 372 g/mol. The summed E-state index contributed by atoms with van der Waals surface area (Å²) in [6.45, 7) is 0. The predicted octanol–water partition coefficient (Wildman–Crippen LogP) is 5.47.